The Balaban J connectivity index is 1.71. The molecule has 30 heavy (non-hydrogen) atoms. The number of aliphatic hydroxyl groups excluding tert-OH is 1. The number of nitrogens with one attached hydrogen (secondary N) is 1. The van der Waals surface area contributed by atoms with E-state index in [2.05, 4.69) is 15.3 Å². The first-order valence-corrected chi connectivity index (χ1v) is 9.57. The first-order chi connectivity index (χ1) is 14.1. The van der Waals surface area contributed by atoms with Crippen LogP contribution in [0.3, 0.4) is 0 Å². The van der Waals surface area contributed by atoms with Crippen molar-refractivity contribution >= 4 is 17.5 Å². The van der Waals surface area contributed by atoms with Gasteiger partial charge >= 0.3 is 0 Å². The van der Waals surface area contributed by atoms with Crippen LogP contribution in [0.5, 0.6) is 0 Å². The van der Waals surface area contributed by atoms with E-state index in [0.29, 0.717) is 17.2 Å². The van der Waals surface area contributed by atoms with Gasteiger partial charge in [0.05, 0.1) is 11.9 Å². The van der Waals surface area contributed by atoms with Gasteiger partial charge in [0.1, 0.15) is 24.0 Å². The number of nitrogens with zero attached hydrogens (tertiary/aromatic N) is 5. The van der Waals surface area contributed by atoms with E-state index >= 15 is 0 Å². The van der Waals surface area contributed by atoms with Crippen LogP contribution < -0.4 is 10.2 Å². The predicted molar refractivity (Wildman–Crippen MR) is 110 cm³/mol. The summed E-state index contributed by atoms with van der Waals surface area (Å²) in [4.78, 5) is 22.5. The zero-order chi connectivity index (χ0) is 21.6. The van der Waals surface area contributed by atoms with Gasteiger partial charge in [-0.3, -0.25) is 4.79 Å². The first kappa shape index (κ1) is 20.0. The maximum Gasteiger partial charge on any atom is 0.245 e. The lowest BCUT2D eigenvalue weighted by atomic mass is 9.92. The topological polar surface area (TPSA) is 96.2 Å². The molecule has 0 radical (unpaired) electrons. The van der Waals surface area contributed by atoms with Crippen LogP contribution in [-0.2, 0) is 10.2 Å². The van der Waals surface area contributed by atoms with Crippen molar-refractivity contribution < 1.29 is 14.3 Å². The smallest absolute Gasteiger partial charge is 0.245 e. The van der Waals surface area contributed by atoms with E-state index in [4.69, 9.17) is 5.10 Å². The fourth-order valence-corrected chi connectivity index (χ4v) is 3.38. The van der Waals surface area contributed by atoms with Crippen molar-refractivity contribution in [3.63, 3.8) is 0 Å². The lowest BCUT2D eigenvalue weighted by Gasteiger charge is -2.35. The third-order valence-electron chi connectivity index (χ3n) is 5.00. The monoisotopic (exact) mass is 410 g/mol. The normalized spacial score (nSPS) is 15.5. The summed E-state index contributed by atoms with van der Waals surface area (Å²) in [5.41, 5.74) is 2.02. The van der Waals surface area contributed by atoms with Gasteiger partial charge < -0.3 is 15.3 Å². The summed E-state index contributed by atoms with van der Waals surface area (Å²) in [6, 6.07) is 6.26. The van der Waals surface area contributed by atoms with Gasteiger partial charge in [0.2, 0.25) is 5.91 Å². The van der Waals surface area contributed by atoms with E-state index in [0.717, 1.165) is 17.5 Å². The maximum absolute atomic E-state index is 13.1. The van der Waals surface area contributed by atoms with Crippen molar-refractivity contribution in [2.24, 2.45) is 0 Å². The van der Waals surface area contributed by atoms with E-state index in [-0.39, 0.29) is 17.8 Å². The maximum atomic E-state index is 13.1. The highest BCUT2D eigenvalue weighted by molar-refractivity contribution is 5.93. The Morgan fingerprint density at radius 2 is 2.03 bits per heavy atom. The standard InChI is InChI=1S/C21H23FN6O2/c1-12-7-8-23-19-18(12)20(30)27(17-9-14(21(2,3)4)26-28(17)19)11-16(29)25-15-6-5-13(22)10-24-15/h5-10,20,30H,11H2,1-4H3,(H,24,25,29). The summed E-state index contributed by atoms with van der Waals surface area (Å²) in [5.74, 6) is 0.459. The Kier molecular flexibility index (Phi) is 4.77. The molecular formula is C21H23FN6O2. The van der Waals surface area contributed by atoms with Crippen LogP contribution >= 0.6 is 0 Å². The number of aryl methyl sites for hydroxylation is 1. The van der Waals surface area contributed by atoms with Gasteiger partial charge in [-0.05, 0) is 30.7 Å². The fourth-order valence-electron chi connectivity index (χ4n) is 3.38. The van der Waals surface area contributed by atoms with Gasteiger partial charge in [-0.1, -0.05) is 20.8 Å². The highest BCUT2D eigenvalue weighted by Crippen LogP contribution is 2.39. The number of rotatable bonds is 3. The number of pyridine rings is 2. The quantitative estimate of drug-likeness (QED) is 0.689. The number of halogens is 1. The molecule has 0 aliphatic carbocycles. The summed E-state index contributed by atoms with van der Waals surface area (Å²) < 4.78 is 14.7. The third kappa shape index (κ3) is 3.52. The Bertz CT molecular complexity index is 1100. The Hall–Kier alpha value is -3.33. The zero-order valence-electron chi connectivity index (χ0n) is 17.2. The minimum absolute atomic E-state index is 0.150. The lowest BCUT2D eigenvalue weighted by molar-refractivity contribution is -0.115. The summed E-state index contributed by atoms with van der Waals surface area (Å²) in [7, 11) is 0. The molecule has 8 nitrogen and oxygen atoms in total. The number of carbonyl (C=O) groups is 1. The summed E-state index contributed by atoms with van der Waals surface area (Å²) in [6.45, 7) is 7.85. The van der Waals surface area contributed by atoms with Crippen LogP contribution in [0.15, 0.2) is 36.7 Å². The second-order valence-electron chi connectivity index (χ2n) is 8.33. The largest absolute Gasteiger partial charge is 0.369 e. The number of hydrogen-bond donors (Lipinski definition) is 2. The molecule has 4 rings (SSSR count). The molecule has 0 spiro atoms. The molecule has 0 fully saturated rings. The van der Waals surface area contributed by atoms with Crippen molar-refractivity contribution in [3.8, 4) is 5.82 Å². The molecule has 1 aliphatic heterocycles. The van der Waals surface area contributed by atoms with E-state index in [1.165, 1.54) is 12.1 Å². The van der Waals surface area contributed by atoms with E-state index in [1.807, 2.05) is 39.8 Å². The number of amides is 1. The van der Waals surface area contributed by atoms with Crippen molar-refractivity contribution in [1.82, 2.24) is 19.7 Å². The first-order valence-electron chi connectivity index (χ1n) is 9.57. The summed E-state index contributed by atoms with van der Waals surface area (Å²) in [6.07, 6.45) is 1.63. The van der Waals surface area contributed by atoms with Gasteiger partial charge in [0.25, 0.3) is 0 Å². The van der Waals surface area contributed by atoms with Crippen molar-refractivity contribution in [2.45, 2.75) is 39.3 Å². The molecule has 3 aromatic rings. The van der Waals surface area contributed by atoms with E-state index in [9.17, 15) is 14.3 Å². The van der Waals surface area contributed by atoms with Gasteiger partial charge in [-0.2, -0.15) is 9.78 Å². The van der Waals surface area contributed by atoms with Crippen molar-refractivity contribution in [2.75, 3.05) is 16.8 Å². The summed E-state index contributed by atoms with van der Waals surface area (Å²) in [5, 5.41) is 18.4. The Morgan fingerprint density at radius 3 is 2.70 bits per heavy atom. The number of aromatic nitrogens is 4. The molecule has 9 heteroatoms. The second-order valence-corrected chi connectivity index (χ2v) is 8.33. The predicted octanol–water partition coefficient (Wildman–Crippen LogP) is 2.86. The number of carbonyl (C=O) groups excluding carboxylic acids is 1. The molecule has 1 aliphatic rings. The van der Waals surface area contributed by atoms with Crippen LogP contribution in [0.4, 0.5) is 16.0 Å². The van der Waals surface area contributed by atoms with Crippen LogP contribution in [0.1, 0.15) is 43.8 Å². The molecule has 4 heterocycles. The van der Waals surface area contributed by atoms with Crippen LogP contribution in [-0.4, -0.2) is 37.3 Å². The molecule has 0 saturated carbocycles. The molecular weight excluding hydrogens is 387 g/mol. The Morgan fingerprint density at radius 1 is 1.27 bits per heavy atom. The number of fused-ring (bicyclic) bond motifs is 3. The van der Waals surface area contributed by atoms with E-state index < -0.39 is 18.0 Å². The third-order valence-corrected chi connectivity index (χ3v) is 5.00. The minimum Gasteiger partial charge on any atom is -0.369 e. The highest BCUT2D eigenvalue weighted by atomic mass is 19.1. The lowest BCUT2D eigenvalue weighted by Crippen LogP contribution is -2.41. The van der Waals surface area contributed by atoms with Gasteiger partial charge in [0.15, 0.2) is 12.0 Å². The molecule has 3 aromatic heterocycles. The molecule has 0 bridgehead atoms. The van der Waals surface area contributed by atoms with E-state index in [1.54, 1.807) is 15.8 Å². The molecule has 156 valence electrons. The number of aliphatic hydroxyl groups is 1. The molecule has 1 amide bonds. The molecule has 2 N–H and O–H groups in total. The minimum atomic E-state index is -1.07. The van der Waals surface area contributed by atoms with Gasteiger partial charge in [0, 0.05) is 23.2 Å². The SMILES string of the molecule is Cc1ccnc2c1C(O)N(CC(=O)Nc1ccc(F)cn1)c1cc(C(C)(C)C)nn1-2. The van der Waals surface area contributed by atoms with Gasteiger partial charge in [-0.15, -0.1) is 0 Å². The molecule has 0 saturated heterocycles. The fraction of sp³-hybridized carbons (Fsp3) is 0.333. The zero-order valence-corrected chi connectivity index (χ0v) is 17.2. The number of hydrogen-bond acceptors (Lipinski definition) is 6. The van der Waals surface area contributed by atoms with Crippen LogP contribution in [0, 0.1) is 12.7 Å². The number of anilines is 2. The highest BCUT2D eigenvalue weighted by Gasteiger charge is 2.36. The Labute approximate surface area is 173 Å². The molecule has 0 aromatic carbocycles. The van der Waals surface area contributed by atoms with Crippen LogP contribution in [0.2, 0.25) is 0 Å². The second kappa shape index (κ2) is 7.17. The summed E-state index contributed by atoms with van der Waals surface area (Å²) >= 11 is 0. The average molecular weight is 410 g/mol. The molecule has 1 atom stereocenters. The van der Waals surface area contributed by atoms with Crippen molar-refractivity contribution in [1.29, 1.82) is 0 Å². The van der Waals surface area contributed by atoms with Crippen molar-refractivity contribution in [3.05, 3.63) is 59.3 Å². The molecule has 1 unspecified atom stereocenters. The average Bonchev–Trinajstić information content (AvgIpc) is 3.13. The van der Waals surface area contributed by atoms with Gasteiger partial charge in [-0.25, -0.2) is 14.4 Å². The van der Waals surface area contributed by atoms with Crippen LogP contribution in [0.25, 0.3) is 5.82 Å².